The molecular formula is C21H26N2O3S. The van der Waals surface area contributed by atoms with Gasteiger partial charge in [-0.3, -0.25) is 4.79 Å². The molecule has 144 valence electrons. The fourth-order valence-corrected chi connectivity index (χ4v) is 4.83. The number of amides is 1. The summed E-state index contributed by atoms with van der Waals surface area (Å²) in [6, 6.07) is 13.9. The van der Waals surface area contributed by atoms with Crippen LogP contribution in [0.15, 0.2) is 53.4 Å². The van der Waals surface area contributed by atoms with Gasteiger partial charge in [-0.15, -0.1) is 0 Å². The Morgan fingerprint density at radius 1 is 1.11 bits per heavy atom. The molecule has 27 heavy (non-hydrogen) atoms. The van der Waals surface area contributed by atoms with E-state index in [0.717, 1.165) is 30.5 Å². The zero-order chi connectivity index (χ0) is 19.4. The average Bonchev–Trinajstić information content (AvgIpc) is 2.69. The van der Waals surface area contributed by atoms with E-state index < -0.39 is 10.0 Å². The monoisotopic (exact) mass is 386 g/mol. The lowest BCUT2D eigenvalue weighted by Crippen LogP contribution is -2.37. The molecule has 1 heterocycles. The third kappa shape index (κ3) is 4.39. The van der Waals surface area contributed by atoms with Crippen LogP contribution >= 0.6 is 0 Å². The van der Waals surface area contributed by atoms with Crippen molar-refractivity contribution in [1.82, 2.24) is 4.31 Å². The Hall–Kier alpha value is -2.18. The molecule has 1 aliphatic heterocycles. The lowest BCUT2D eigenvalue weighted by molar-refractivity contribution is 0.102. The number of rotatable bonds is 5. The van der Waals surface area contributed by atoms with Crippen LogP contribution in [0.1, 0.15) is 42.6 Å². The Balaban J connectivity index is 1.81. The van der Waals surface area contributed by atoms with Crippen molar-refractivity contribution in [1.29, 1.82) is 0 Å². The number of aryl methyl sites for hydroxylation is 1. The van der Waals surface area contributed by atoms with E-state index in [1.165, 1.54) is 10.4 Å². The Kier molecular flexibility index (Phi) is 5.97. The van der Waals surface area contributed by atoms with Crippen LogP contribution in [0.25, 0.3) is 0 Å². The highest BCUT2D eigenvalue weighted by Gasteiger charge is 2.28. The second-order valence-corrected chi connectivity index (χ2v) is 9.02. The minimum Gasteiger partial charge on any atom is -0.322 e. The molecule has 2 aromatic carbocycles. The van der Waals surface area contributed by atoms with Crippen LogP contribution in [0.5, 0.6) is 0 Å². The van der Waals surface area contributed by atoms with Crippen molar-refractivity contribution in [2.45, 2.75) is 38.0 Å². The molecule has 2 aromatic rings. The van der Waals surface area contributed by atoms with Gasteiger partial charge >= 0.3 is 0 Å². The minimum absolute atomic E-state index is 0.175. The van der Waals surface area contributed by atoms with Crippen molar-refractivity contribution in [2.75, 3.05) is 18.4 Å². The van der Waals surface area contributed by atoms with Gasteiger partial charge in [0, 0.05) is 24.3 Å². The zero-order valence-electron chi connectivity index (χ0n) is 15.8. The highest BCUT2D eigenvalue weighted by atomic mass is 32.2. The molecular weight excluding hydrogens is 360 g/mol. The molecule has 1 saturated heterocycles. The van der Waals surface area contributed by atoms with Crippen LogP contribution in [0, 0.1) is 5.92 Å². The molecule has 6 heteroatoms. The Morgan fingerprint density at radius 3 is 2.52 bits per heavy atom. The number of hydrogen-bond donors (Lipinski definition) is 1. The van der Waals surface area contributed by atoms with Gasteiger partial charge in [-0.2, -0.15) is 4.31 Å². The summed E-state index contributed by atoms with van der Waals surface area (Å²) < 4.78 is 27.4. The standard InChI is InChI=1S/C21H26N2O3S/c1-3-17-7-4-5-10-20(17)22-21(24)18-8-6-9-19(15-18)27(25,26)23-13-11-16(2)12-14-23/h4-10,15-16H,3,11-14H2,1-2H3,(H,22,24). The second kappa shape index (κ2) is 8.23. The third-order valence-corrected chi connectivity index (χ3v) is 7.02. The van der Waals surface area contributed by atoms with Crippen molar-refractivity contribution in [3.8, 4) is 0 Å². The van der Waals surface area contributed by atoms with Gasteiger partial charge in [0.05, 0.1) is 4.90 Å². The molecule has 0 spiro atoms. The normalized spacial score (nSPS) is 16.2. The van der Waals surface area contributed by atoms with Crippen LogP contribution in [-0.2, 0) is 16.4 Å². The fraction of sp³-hybridized carbons (Fsp3) is 0.381. The number of nitrogens with zero attached hydrogens (tertiary/aromatic N) is 1. The SMILES string of the molecule is CCc1ccccc1NC(=O)c1cccc(S(=O)(=O)N2CCC(C)CC2)c1. The van der Waals surface area contributed by atoms with Gasteiger partial charge in [0.15, 0.2) is 0 Å². The molecule has 1 fully saturated rings. The first-order valence-corrected chi connectivity index (χ1v) is 10.8. The maximum atomic E-state index is 12.9. The van der Waals surface area contributed by atoms with Gasteiger partial charge in [-0.05, 0) is 55.0 Å². The van der Waals surface area contributed by atoms with E-state index in [-0.39, 0.29) is 10.8 Å². The molecule has 0 saturated carbocycles. The maximum absolute atomic E-state index is 12.9. The molecule has 3 rings (SSSR count). The van der Waals surface area contributed by atoms with Crippen molar-refractivity contribution in [3.05, 3.63) is 59.7 Å². The van der Waals surface area contributed by atoms with Gasteiger partial charge in [0.2, 0.25) is 10.0 Å². The summed E-state index contributed by atoms with van der Waals surface area (Å²) in [6.45, 7) is 5.23. The van der Waals surface area contributed by atoms with Crippen LogP contribution < -0.4 is 5.32 Å². The highest BCUT2D eigenvalue weighted by molar-refractivity contribution is 7.89. The zero-order valence-corrected chi connectivity index (χ0v) is 16.6. The van der Waals surface area contributed by atoms with Crippen molar-refractivity contribution in [3.63, 3.8) is 0 Å². The van der Waals surface area contributed by atoms with Crippen LogP contribution in [0.2, 0.25) is 0 Å². The molecule has 0 aliphatic carbocycles. The van der Waals surface area contributed by atoms with E-state index in [4.69, 9.17) is 0 Å². The number of para-hydroxylation sites is 1. The fourth-order valence-electron chi connectivity index (χ4n) is 3.32. The average molecular weight is 387 g/mol. The molecule has 1 aliphatic rings. The van der Waals surface area contributed by atoms with Gasteiger partial charge in [-0.1, -0.05) is 38.1 Å². The lowest BCUT2D eigenvalue weighted by Gasteiger charge is -2.29. The summed E-state index contributed by atoms with van der Waals surface area (Å²) in [5.41, 5.74) is 2.13. The molecule has 0 atom stereocenters. The maximum Gasteiger partial charge on any atom is 0.255 e. The number of piperidine rings is 1. The summed E-state index contributed by atoms with van der Waals surface area (Å²) in [5.74, 6) is 0.243. The molecule has 0 unspecified atom stereocenters. The third-order valence-electron chi connectivity index (χ3n) is 5.12. The topological polar surface area (TPSA) is 66.5 Å². The predicted octanol–water partition coefficient (Wildman–Crippen LogP) is 3.92. The van der Waals surface area contributed by atoms with Crippen LogP contribution in [0.3, 0.4) is 0 Å². The number of nitrogens with one attached hydrogen (secondary N) is 1. The van der Waals surface area contributed by atoms with E-state index in [0.29, 0.717) is 24.6 Å². The summed E-state index contributed by atoms with van der Waals surface area (Å²) in [7, 11) is -3.57. The molecule has 5 nitrogen and oxygen atoms in total. The van der Waals surface area contributed by atoms with E-state index in [9.17, 15) is 13.2 Å². The van der Waals surface area contributed by atoms with Crippen LogP contribution in [0.4, 0.5) is 5.69 Å². The van der Waals surface area contributed by atoms with Crippen molar-refractivity contribution >= 4 is 21.6 Å². The van der Waals surface area contributed by atoms with Gasteiger partial charge < -0.3 is 5.32 Å². The Bertz CT molecular complexity index is 917. The molecule has 0 bridgehead atoms. The summed E-state index contributed by atoms with van der Waals surface area (Å²) in [6.07, 6.45) is 2.54. The first kappa shape index (κ1) is 19.6. The van der Waals surface area contributed by atoms with Gasteiger partial charge in [0.25, 0.3) is 5.91 Å². The molecule has 1 N–H and O–H groups in total. The number of sulfonamides is 1. The van der Waals surface area contributed by atoms with Crippen molar-refractivity contribution < 1.29 is 13.2 Å². The number of hydrogen-bond acceptors (Lipinski definition) is 3. The largest absolute Gasteiger partial charge is 0.322 e. The van der Waals surface area contributed by atoms with E-state index in [1.54, 1.807) is 18.2 Å². The van der Waals surface area contributed by atoms with Gasteiger partial charge in [-0.25, -0.2) is 8.42 Å². The number of anilines is 1. The van der Waals surface area contributed by atoms with Crippen molar-refractivity contribution in [2.24, 2.45) is 5.92 Å². The van der Waals surface area contributed by atoms with Gasteiger partial charge in [0.1, 0.15) is 0 Å². The summed E-state index contributed by atoms with van der Waals surface area (Å²) in [5, 5.41) is 2.89. The van der Waals surface area contributed by atoms with E-state index in [2.05, 4.69) is 12.2 Å². The second-order valence-electron chi connectivity index (χ2n) is 7.08. The minimum atomic E-state index is -3.57. The quantitative estimate of drug-likeness (QED) is 0.847. The van der Waals surface area contributed by atoms with E-state index in [1.807, 2.05) is 31.2 Å². The first-order valence-electron chi connectivity index (χ1n) is 9.41. The van der Waals surface area contributed by atoms with E-state index >= 15 is 0 Å². The molecule has 0 radical (unpaired) electrons. The number of carbonyl (C=O) groups excluding carboxylic acids is 1. The smallest absolute Gasteiger partial charge is 0.255 e. The number of carbonyl (C=O) groups is 1. The van der Waals surface area contributed by atoms with Crippen LogP contribution in [-0.4, -0.2) is 31.7 Å². The summed E-state index contributed by atoms with van der Waals surface area (Å²) in [4.78, 5) is 12.8. The molecule has 0 aromatic heterocycles. The summed E-state index contributed by atoms with van der Waals surface area (Å²) >= 11 is 0. The molecule has 1 amide bonds. The number of benzene rings is 2. The Morgan fingerprint density at radius 2 is 1.81 bits per heavy atom. The Labute approximate surface area is 161 Å². The lowest BCUT2D eigenvalue weighted by atomic mass is 10.0. The first-order chi connectivity index (χ1) is 12.9. The highest BCUT2D eigenvalue weighted by Crippen LogP contribution is 2.24. The predicted molar refractivity (Wildman–Crippen MR) is 107 cm³/mol.